The summed E-state index contributed by atoms with van der Waals surface area (Å²) in [5, 5.41) is 0. The van der Waals surface area contributed by atoms with Crippen LogP contribution in [0.1, 0.15) is 79.4 Å². The summed E-state index contributed by atoms with van der Waals surface area (Å²) in [6, 6.07) is 1.73. The van der Waals surface area contributed by atoms with Gasteiger partial charge in [0.2, 0.25) is 0 Å². The molecule has 0 radical (unpaired) electrons. The summed E-state index contributed by atoms with van der Waals surface area (Å²) in [6.07, 6.45) is -1.01. The van der Waals surface area contributed by atoms with E-state index in [1.807, 2.05) is 27.7 Å². The molecule has 5 fully saturated rings. The number of ether oxygens (including phenoxy) is 5. The minimum atomic E-state index is -1.36. The van der Waals surface area contributed by atoms with Crippen LogP contribution in [0.2, 0.25) is 0 Å². The smallest absolute Gasteiger partial charge is 0.309 e. The number of furan rings is 1. The van der Waals surface area contributed by atoms with Crippen molar-refractivity contribution in [2.45, 2.75) is 97.7 Å². The molecule has 2 bridgehead atoms. The van der Waals surface area contributed by atoms with Gasteiger partial charge in [0.05, 0.1) is 31.7 Å². The summed E-state index contributed by atoms with van der Waals surface area (Å²) in [6.45, 7) is 11.8. The third kappa shape index (κ3) is 4.06. The van der Waals surface area contributed by atoms with E-state index in [9.17, 15) is 24.0 Å². The Labute approximate surface area is 244 Å². The van der Waals surface area contributed by atoms with Crippen molar-refractivity contribution in [2.75, 3.05) is 7.11 Å². The molecule has 11 nitrogen and oxygen atoms in total. The van der Waals surface area contributed by atoms with Gasteiger partial charge in [-0.15, -0.1) is 0 Å². The standard InChI is InChI=1S/C31H40O11/c1-15-23(36)19-12-29(6)25(18-9-10-38-14-18)41-22(35)13-31(15,29)42-27-24(39-16(2)32)26(40-17(3)33)28(4,5)20(30(19,27)7)11-21(34)37-8/h9-10,14-15,19-20,24-27H,11-13H2,1-8H3/t15-,19-,20?,24-,25-,26+,27-,29-,30+,31-/m0/s1. The molecule has 6 rings (SSSR count). The van der Waals surface area contributed by atoms with Crippen LogP contribution < -0.4 is 0 Å². The van der Waals surface area contributed by atoms with Gasteiger partial charge in [-0.2, -0.15) is 0 Å². The number of carbonyl (C=O) groups is 5. The van der Waals surface area contributed by atoms with Gasteiger partial charge in [-0.25, -0.2) is 0 Å². The molecule has 1 spiro atoms. The van der Waals surface area contributed by atoms with Gasteiger partial charge < -0.3 is 28.1 Å². The topological polar surface area (TPSA) is 145 Å². The van der Waals surface area contributed by atoms with E-state index in [0.29, 0.717) is 5.56 Å². The Morgan fingerprint density at radius 3 is 2.29 bits per heavy atom. The summed E-state index contributed by atoms with van der Waals surface area (Å²) in [5.74, 6) is -4.44. The van der Waals surface area contributed by atoms with Crippen molar-refractivity contribution in [2.24, 2.45) is 34.0 Å². The van der Waals surface area contributed by atoms with E-state index in [-0.39, 0.29) is 25.0 Å². The van der Waals surface area contributed by atoms with Gasteiger partial charge in [-0.1, -0.05) is 34.6 Å². The minimum absolute atomic E-state index is 0.101. The third-order valence-electron chi connectivity index (χ3n) is 11.0. The Morgan fingerprint density at radius 2 is 1.71 bits per heavy atom. The van der Waals surface area contributed by atoms with Crippen LogP contribution in [-0.4, -0.2) is 60.7 Å². The summed E-state index contributed by atoms with van der Waals surface area (Å²) in [4.78, 5) is 65.8. The monoisotopic (exact) mass is 588 g/mol. The average Bonchev–Trinajstić information content (AvgIpc) is 3.40. The number of carbonyl (C=O) groups excluding carboxylic acids is 5. The van der Waals surface area contributed by atoms with E-state index < -0.39 is 87.9 Å². The molecule has 1 aromatic rings. The second-order valence-electron chi connectivity index (χ2n) is 13.5. The first-order valence-electron chi connectivity index (χ1n) is 14.4. The summed E-state index contributed by atoms with van der Waals surface area (Å²) >= 11 is 0. The van der Waals surface area contributed by atoms with Gasteiger partial charge in [-0.05, 0) is 18.4 Å². The largest absolute Gasteiger partial charge is 0.472 e. The number of ketones is 1. The van der Waals surface area contributed by atoms with E-state index in [1.54, 1.807) is 13.0 Å². The highest BCUT2D eigenvalue weighted by molar-refractivity contribution is 5.89. The number of hydrogen-bond donors (Lipinski definition) is 0. The molecular formula is C31H40O11. The van der Waals surface area contributed by atoms with Crippen LogP contribution in [0.25, 0.3) is 0 Å². The normalized spacial score (nSPS) is 42.0. The van der Waals surface area contributed by atoms with Crippen molar-refractivity contribution in [1.29, 1.82) is 0 Å². The Balaban J connectivity index is 1.80. The molecule has 1 unspecified atom stereocenters. The van der Waals surface area contributed by atoms with E-state index in [1.165, 1.54) is 33.5 Å². The quantitative estimate of drug-likeness (QED) is 0.366. The number of Topliss-reactive ketones (excluding diaryl/α,β-unsaturated/α-hetero) is 1. The number of esters is 4. The zero-order valence-corrected chi connectivity index (χ0v) is 25.4. The van der Waals surface area contributed by atoms with Crippen LogP contribution in [-0.2, 0) is 47.7 Å². The molecule has 3 saturated heterocycles. The predicted molar refractivity (Wildman–Crippen MR) is 143 cm³/mol. The maximum absolute atomic E-state index is 14.5. The lowest BCUT2D eigenvalue weighted by Crippen LogP contribution is -2.69. The van der Waals surface area contributed by atoms with Crippen molar-refractivity contribution < 1.29 is 52.1 Å². The summed E-state index contributed by atoms with van der Waals surface area (Å²) < 4.78 is 35.4. The van der Waals surface area contributed by atoms with E-state index in [4.69, 9.17) is 28.1 Å². The van der Waals surface area contributed by atoms with Crippen LogP contribution in [0, 0.1) is 34.0 Å². The van der Waals surface area contributed by atoms with Gasteiger partial charge in [0, 0.05) is 53.9 Å². The molecule has 3 aliphatic heterocycles. The number of fused-ring (bicyclic) bond motifs is 1. The molecule has 0 amide bonds. The molecule has 10 atom stereocenters. The van der Waals surface area contributed by atoms with Crippen molar-refractivity contribution >= 4 is 29.7 Å². The number of hydrogen-bond acceptors (Lipinski definition) is 11. The van der Waals surface area contributed by atoms with Crippen LogP contribution >= 0.6 is 0 Å². The van der Waals surface area contributed by atoms with Crippen molar-refractivity contribution in [3.8, 4) is 0 Å². The van der Waals surface area contributed by atoms with Crippen LogP contribution in [0.15, 0.2) is 23.0 Å². The minimum Gasteiger partial charge on any atom is -0.472 e. The van der Waals surface area contributed by atoms with Crippen LogP contribution in [0.3, 0.4) is 0 Å². The molecule has 42 heavy (non-hydrogen) atoms. The lowest BCUT2D eigenvalue weighted by atomic mass is 9.43. The maximum atomic E-state index is 14.5. The second kappa shape index (κ2) is 9.92. The fourth-order valence-electron chi connectivity index (χ4n) is 9.03. The highest BCUT2D eigenvalue weighted by atomic mass is 16.6. The number of cyclic esters (lactones) is 1. The SMILES string of the molecule is COC(=O)CC1C(C)(C)[C@H](OC(C)=O)[C@H](OC(C)=O)[C@@H]2O[C@]34CC(=O)O[C@@H](c5ccoc5)[C@]3(C)C[C@@H](C(=O)[C@@H]4C)[C@]12C. The maximum Gasteiger partial charge on any atom is 0.309 e. The highest BCUT2D eigenvalue weighted by Crippen LogP contribution is 2.71. The Bertz CT molecular complexity index is 1300. The van der Waals surface area contributed by atoms with E-state index >= 15 is 0 Å². The number of methoxy groups -OCH3 is 1. The first-order valence-corrected chi connectivity index (χ1v) is 14.4. The molecular weight excluding hydrogens is 548 g/mol. The molecule has 2 aliphatic carbocycles. The fourth-order valence-corrected chi connectivity index (χ4v) is 9.03. The number of rotatable bonds is 5. The lowest BCUT2D eigenvalue weighted by molar-refractivity contribution is -0.297. The Hall–Kier alpha value is -3.21. The predicted octanol–water partition coefficient (Wildman–Crippen LogP) is 3.73. The average molecular weight is 589 g/mol. The van der Waals surface area contributed by atoms with Crippen LogP contribution in [0.5, 0.6) is 0 Å². The molecule has 1 aromatic heterocycles. The van der Waals surface area contributed by atoms with Gasteiger partial charge in [0.1, 0.15) is 24.1 Å². The molecule has 5 aliphatic rings. The fraction of sp³-hybridized carbons (Fsp3) is 0.710. The molecule has 0 aromatic carbocycles. The zero-order valence-electron chi connectivity index (χ0n) is 25.4. The van der Waals surface area contributed by atoms with E-state index in [0.717, 1.165) is 0 Å². The third-order valence-corrected chi connectivity index (χ3v) is 11.0. The summed E-state index contributed by atoms with van der Waals surface area (Å²) in [7, 11) is 1.29. The Kier molecular flexibility index (Phi) is 7.15. The molecule has 11 heteroatoms. The van der Waals surface area contributed by atoms with Gasteiger partial charge in [0.15, 0.2) is 6.10 Å². The second-order valence-corrected chi connectivity index (χ2v) is 13.5. The van der Waals surface area contributed by atoms with Crippen molar-refractivity contribution in [1.82, 2.24) is 0 Å². The zero-order chi connectivity index (χ0) is 31.0. The van der Waals surface area contributed by atoms with Gasteiger partial charge in [0.25, 0.3) is 0 Å². The van der Waals surface area contributed by atoms with Gasteiger partial charge in [-0.3, -0.25) is 24.0 Å². The van der Waals surface area contributed by atoms with Crippen molar-refractivity contribution in [3.05, 3.63) is 24.2 Å². The molecule has 2 saturated carbocycles. The first kappa shape index (κ1) is 30.3. The Morgan fingerprint density at radius 1 is 1.05 bits per heavy atom. The lowest BCUT2D eigenvalue weighted by Gasteiger charge is -2.60. The molecule has 0 N–H and O–H groups in total. The van der Waals surface area contributed by atoms with Crippen molar-refractivity contribution in [3.63, 3.8) is 0 Å². The first-order chi connectivity index (χ1) is 19.5. The van der Waals surface area contributed by atoms with Gasteiger partial charge >= 0.3 is 23.9 Å². The summed E-state index contributed by atoms with van der Waals surface area (Å²) in [5.41, 5.74) is -3.75. The van der Waals surface area contributed by atoms with E-state index in [2.05, 4.69) is 0 Å². The highest BCUT2D eigenvalue weighted by Gasteiger charge is 2.78. The molecule has 4 heterocycles. The van der Waals surface area contributed by atoms with Crippen LogP contribution in [0.4, 0.5) is 0 Å². The molecule has 230 valence electrons.